The molecule has 3 rings (SSSR count). The molecule has 0 aliphatic rings. The maximum atomic E-state index is 11.9. The first-order valence-corrected chi connectivity index (χ1v) is 11.2. The Kier molecular flexibility index (Phi) is 8.91. The molecule has 0 unspecified atom stereocenters. The van der Waals surface area contributed by atoms with E-state index in [0.29, 0.717) is 36.3 Å². The third-order valence-corrected chi connectivity index (χ3v) is 4.99. The van der Waals surface area contributed by atoms with E-state index in [2.05, 4.69) is 54.8 Å². The number of nitrogens with zero attached hydrogens (tertiary/aromatic N) is 1. The molecule has 34 heavy (non-hydrogen) atoms. The maximum absolute atomic E-state index is 11.9. The second-order valence-corrected chi connectivity index (χ2v) is 7.99. The highest BCUT2D eigenvalue weighted by Gasteiger charge is 2.09. The monoisotopic (exact) mass is 461 g/mol. The summed E-state index contributed by atoms with van der Waals surface area (Å²) in [6.45, 7) is 7.13. The third-order valence-electron chi connectivity index (χ3n) is 4.99. The number of methoxy groups -OCH3 is 1. The Balaban J connectivity index is 1.51. The molecular weight excluding hydrogens is 430 g/mol. The molecule has 0 aliphatic carbocycles. The van der Waals surface area contributed by atoms with Crippen LogP contribution in [0.25, 0.3) is 0 Å². The zero-order valence-corrected chi connectivity index (χ0v) is 20.0. The molecule has 0 saturated heterocycles. The molecule has 3 aromatic rings. The lowest BCUT2D eigenvalue weighted by Gasteiger charge is -2.16. The third kappa shape index (κ3) is 7.27. The number of aryl methyl sites for hydroxylation is 1. The quantitative estimate of drug-likeness (QED) is 0.229. The summed E-state index contributed by atoms with van der Waals surface area (Å²) in [7, 11) is 1.58. The van der Waals surface area contributed by atoms with E-state index in [9.17, 15) is 4.79 Å². The number of anilines is 1. The van der Waals surface area contributed by atoms with Crippen molar-refractivity contribution in [2.75, 3.05) is 25.6 Å². The van der Waals surface area contributed by atoms with Crippen LogP contribution in [0.3, 0.4) is 0 Å². The van der Waals surface area contributed by atoms with Gasteiger partial charge in [-0.15, -0.1) is 0 Å². The van der Waals surface area contributed by atoms with E-state index in [1.807, 2.05) is 24.3 Å². The molecule has 0 aliphatic heterocycles. The van der Waals surface area contributed by atoms with E-state index in [1.165, 1.54) is 11.8 Å². The molecule has 178 valence electrons. The SMILES string of the molecule is COc1cc(/C=N/NC(=O)Nc2ccccc2)ccc1OCCOc1cc(C)ccc1C(C)C. The molecule has 0 aromatic heterocycles. The van der Waals surface area contributed by atoms with Gasteiger partial charge in [0.1, 0.15) is 19.0 Å². The topological polar surface area (TPSA) is 81.2 Å². The Labute approximate surface area is 200 Å². The molecular formula is C27H31N3O4. The highest BCUT2D eigenvalue weighted by molar-refractivity contribution is 5.90. The Hall–Kier alpha value is -4.00. The number of amides is 2. The number of para-hydroxylation sites is 1. The number of nitrogens with one attached hydrogen (secondary N) is 2. The molecule has 0 bridgehead atoms. The Morgan fingerprint density at radius 3 is 2.38 bits per heavy atom. The van der Waals surface area contributed by atoms with Crippen LogP contribution >= 0.6 is 0 Å². The smallest absolute Gasteiger partial charge is 0.339 e. The maximum Gasteiger partial charge on any atom is 0.339 e. The normalized spacial score (nSPS) is 10.9. The van der Waals surface area contributed by atoms with E-state index in [1.54, 1.807) is 31.4 Å². The standard InChI is InChI=1S/C27H31N3O4/c1-19(2)23-12-10-20(3)16-25(23)34-15-14-33-24-13-11-21(17-26(24)32-4)18-28-30-27(31)29-22-8-6-5-7-9-22/h5-13,16-19H,14-15H2,1-4H3,(H2,29,30,31)/b28-18+. The van der Waals surface area contributed by atoms with Gasteiger partial charge in [-0.3, -0.25) is 0 Å². The first-order chi connectivity index (χ1) is 16.5. The minimum atomic E-state index is -0.427. The summed E-state index contributed by atoms with van der Waals surface area (Å²) < 4.78 is 17.3. The van der Waals surface area contributed by atoms with E-state index in [4.69, 9.17) is 14.2 Å². The van der Waals surface area contributed by atoms with Crippen molar-refractivity contribution in [3.8, 4) is 17.2 Å². The van der Waals surface area contributed by atoms with Crippen LogP contribution in [0.2, 0.25) is 0 Å². The van der Waals surface area contributed by atoms with Gasteiger partial charge in [0, 0.05) is 5.69 Å². The molecule has 7 heteroatoms. The number of carbonyl (C=O) groups excluding carboxylic acids is 1. The fourth-order valence-corrected chi connectivity index (χ4v) is 3.28. The summed E-state index contributed by atoms with van der Waals surface area (Å²) in [6, 6.07) is 20.4. The lowest BCUT2D eigenvalue weighted by Crippen LogP contribution is -2.24. The molecule has 0 saturated carbocycles. The lowest BCUT2D eigenvalue weighted by molar-refractivity contribution is 0.210. The van der Waals surface area contributed by atoms with E-state index in [-0.39, 0.29) is 0 Å². The number of hydrogen-bond donors (Lipinski definition) is 2. The summed E-state index contributed by atoms with van der Waals surface area (Å²) in [5.74, 6) is 2.44. The molecule has 2 amide bonds. The molecule has 0 radical (unpaired) electrons. The van der Waals surface area contributed by atoms with Gasteiger partial charge in [0.25, 0.3) is 0 Å². The van der Waals surface area contributed by atoms with Crippen LogP contribution in [0, 0.1) is 6.92 Å². The number of carbonyl (C=O) groups is 1. The number of urea groups is 1. The fourth-order valence-electron chi connectivity index (χ4n) is 3.28. The van der Waals surface area contributed by atoms with Gasteiger partial charge >= 0.3 is 6.03 Å². The minimum Gasteiger partial charge on any atom is -0.493 e. The van der Waals surface area contributed by atoms with Crippen molar-refractivity contribution in [1.29, 1.82) is 0 Å². The van der Waals surface area contributed by atoms with Crippen molar-refractivity contribution >= 4 is 17.9 Å². The van der Waals surface area contributed by atoms with Gasteiger partial charge in [0.05, 0.1) is 13.3 Å². The van der Waals surface area contributed by atoms with Crippen LogP contribution in [-0.4, -0.2) is 32.6 Å². The molecule has 0 fully saturated rings. The van der Waals surface area contributed by atoms with Crippen LogP contribution in [-0.2, 0) is 0 Å². The average Bonchev–Trinajstić information content (AvgIpc) is 2.82. The molecule has 2 N–H and O–H groups in total. The molecule has 3 aromatic carbocycles. The van der Waals surface area contributed by atoms with Crippen molar-refractivity contribution in [2.45, 2.75) is 26.7 Å². The summed E-state index contributed by atoms with van der Waals surface area (Å²) in [5.41, 5.74) is 6.21. The van der Waals surface area contributed by atoms with Crippen LogP contribution in [0.1, 0.15) is 36.5 Å². The Bertz CT molecular complexity index is 1110. The lowest BCUT2D eigenvalue weighted by atomic mass is 10.0. The number of rotatable bonds is 10. The number of benzene rings is 3. The van der Waals surface area contributed by atoms with Gasteiger partial charge in [-0.2, -0.15) is 5.10 Å². The average molecular weight is 462 g/mol. The number of hydrogen-bond acceptors (Lipinski definition) is 5. The zero-order valence-electron chi connectivity index (χ0n) is 20.0. The number of ether oxygens (including phenoxy) is 3. The highest BCUT2D eigenvalue weighted by Crippen LogP contribution is 2.29. The van der Waals surface area contributed by atoms with Gasteiger partial charge < -0.3 is 19.5 Å². The van der Waals surface area contributed by atoms with E-state index < -0.39 is 6.03 Å². The van der Waals surface area contributed by atoms with Crippen LogP contribution < -0.4 is 25.0 Å². The summed E-state index contributed by atoms with van der Waals surface area (Å²) in [6.07, 6.45) is 1.53. The predicted octanol–water partition coefficient (Wildman–Crippen LogP) is 5.74. The van der Waals surface area contributed by atoms with Gasteiger partial charge in [-0.1, -0.05) is 44.2 Å². The van der Waals surface area contributed by atoms with Gasteiger partial charge in [-0.05, 0) is 65.9 Å². The van der Waals surface area contributed by atoms with Gasteiger partial charge in [-0.25, -0.2) is 10.2 Å². The Morgan fingerprint density at radius 1 is 0.941 bits per heavy atom. The van der Waals surface area contributed by atoms with Crippen molar-refractivity contribution in [2.24, 2.45) is 5.10 Å². The summed E-state index contributed by atoms with van der Waals surface area (Å²) >= 11 is 0. The van der Waals surface area contributed by atoms with Gasteiger partial charge in [0.15, 0.2) is 11.5 Å². The minimum absolute atomic E-state index is 0.372. The fraction of sp³-hybridized carbons (Fsp3) is 0.259. The molecule has 0 heterocycles. The predicted molar refractivity (Wildman–Crippen MR) is 135 cm³/mol. The highest BCUT2D eigenvalue weighted by atomic mass is 16.5. The second-order valence-electron chi connectivity index (χ2n) is 7.99. The second kappa shape index (κ2) is 12.3. The summed E-state index contributed by atoms with van der Waals surface area (Å²) in [5, 5.41) is 6.67. The van der Waals surface area contributed by atoms with E-state index >= 15 is 0 Å². The van der Waals surface area contributed by atoms with Gasteiger partial charge in [0.2, 0.25) is 0 Å². The zero-order chi connectivity index (χ0) is 24.3. The molecule has 0 atom stereocenters. The van der Waals surface area contributed by atoms with Crippen molar-refractivity contribution < 1.29 is 19.0 Å². The van der Waals surface area contributed by atoms with Crippen molar-refractivity contribution in [3.05, 3.63) is 83.4 Å². The first kappa shape index (κ1) is 24.6. The molecule has 7 nitrogen and oxygen atoms in total. The Morgan fingerprint density at radius 2 is 1.68 bits per heavy atom. The van der Waals surface area contributed by atoms with E-state index in [0.717, 1.165) is 16.9 Å². The molecule has 0 spiro atoms. The van der Waals surface area contributed by atoms with Crippen molar-refractivity contribution in [1.82, 2.24) is 5.43 Å². The largest absolute Gasteiger partial charge is 0.493 e. The summed E-state index contributed by atoms with van der Waals surface area (Å²) in [4.78, 5) is 11.9. The van der Waals surface area contributed by atoms with Crippen LogP contribution in [0.15, 0.2) is 71.8 Å². The van der Waals surface area contributed by atoms with Crippen LogP contribution in [0.5, 0.6) is 17.2 Å². The van der Waals surface area contributed by atoms with Crippen molar-refractivity contribution in [3.63, 3.8) is 0 Å². The number of hydrazone groups is 1. The first-order valence-electron chi connectivity index (χ1n) is 11.2. The van der Waals surface area contributed by atoms with Crippen LogP contribution in [0.4, 0.5) is 10.5 Å².